The SMILES string of the molecule is ClCCCCCCNc1cnc2ccccc2n1. The highest BCUT2D eigenvalue weighted by molar-refractivity contribution is 6.17. The molecule has 0 saturated heterocycles. The van der Waals surface area contributed by atoms with E-state index in [-0.39, 0.29) is 0 Å². The van der Waals surface area contributed by atoms with E-state index in [0.717, 1.165) is 42.1 Å². The molecule has 1 aromatic heterocycles. The van der Waals surface area contributed by atoms with Crippen LogP contribution in [0.25, 0.3) is 11.0 Å². The van der Waals surface area contributed by atoms with Crippen LogP contribution in [0, 0.1) is 0 Å². The lowest BCUT2D eigenvalue weighted by Crippen LogP contribution is -2.03. The molecule has 2 rings (SSSR count). The molecule has 4 heteroatoms. The lowest BCUT2D eigenvalue weighted by atomic mass is 10.2. The summed E-state index contributed by atoms with van der Waals surface area (Å²) in [4.78, 5) is 8.88. The largest absolute Gasteiger partial charge is 0.369 e. The van der Waals surface area contributed by atoms with Gasteiger partial charge in [-0.1, -0.05) is 25.0 Å². The Morgan fingerprint density at radius 2 is 1.78 bits per heavy atom. The fourth-order valence-corrected chi connectivity index (χ4v) is 2.02. The molecule has 3 nitrogen and oxygen atoms in total. The number of fused-ring (bicyclic) bond motifs is 1. The van der Waals surface area contributed by atoms with Gasteiger partial charge >= 0.3 is 0 Å². The molecule has 0 spiro atoms. The Morgan fingerprint density at radius 1 is 1.00 bits per heavy atom. The van der Waals surface area contributed by atoms with E-state index in [4.69, 9.17) is 11.6 Å². The van der Waals surface area contributed by atoms with Crippen molar-refractivity contribution in [3.05, 3.63) is 30.5 Å². The highest BCUT2D eigenvalue weighted by Crippen LogP contribution is 2.11. The predicted octanol–water partition coefficient (Wildman–Crippen LogP) is 3.84. The minimum Gasteiger partial charge on any atom is -0.369 e. The van der Waals surface area contributed by atoms with Gasteiger partial charge in [0, 0.05) is 12.4 Å². The van der Waals surface area contributed by atoms with Crippen LogP contribution in [0.15, 0.2) is 30.5 Å². The van der Waals surface area contributed by atoms with Gasteiger partial charge in [0.15, 0.2) is 0 Å². The zero-order valence-corrected chi connectivity index (χ0v) is 11.2. The highest BCUT2D eigenvalue weighted by Gasteiger charge is 1.98. The topological polar surface area (TPSA) is 37.8 Å². The van der Waals surface area contributed by atoms with Crippen molar-refractivity contribution in [2.75, 3.05) is 17.7 Å². The van der Waals surface area contributed by atoms with E-state index in [9.17, 15) is 0 Å². The molecule has 1 N–H and O–H groups in total. The van der Waals surface area contributed by atoms with Crippen LogP contribution in [0.1, 0.15) is 25.7 Å². The third kappa shape index (κ3) is 3.84. The summed E-state index contributed by atoms with van der Waals surface area (Å²) >= 11 is 5.63. The van der Waals surface area contributed by atoms with Crippen molar-refractivity contribution in [1.29, 1.82) is 0 Å². The Morgan fingerprint density at radius 3 is 2.61 bits per heavy atom. The number of benzene rings is 1. The fraction of sp³-hybridized carbons (Fsp3) is 0.429. The van der Waals surface area contributed by atoms with Crippen LogP contribution < -0.4 is 5.32 Å². The summed E-state index contributed by atoms with van der Waals surface area (Å²) in [7, 11) is 0. The lowest BCUT2D eigenvalue weighted by molar-refractivity contribution is 0.687. The van der Waals surface area contributed by atoms with Crippen LogP contribution >= 0.6 is 11.6 Å². The minimum atomic E-state index is 0.767. The van der Waals surface area contributed by atoms with Crippen LogP contribution in [-0.4, -0.2) is 22.4 Å². The summed E-state index contributed by atoms with van der Waals surface area (Å²) in [6.07, 6.45) is 6.46. The Hall–Kier alpha value is -1.35. The molecular formula is C14H18ClN3. The van der Waals surface area contributed by atoms with E-state index < -0.39 is 0 Å². The number of rotatable bonds is 7. The fourth-order valence-electron chi connectivity index (χ4n) is 1.83. The predicted molar refractivity (Wildman–Crippen MR) is 77.2 cm³/mol. The smallest absolute Gasteiger partial charge is 0.145 e. The van der Waals surface area contributed by atoms with Crippen LogP contribution in [0.2, 0.25) is 0 Å². The van der Waals surface area contributed by atoms with Gasteiger partial charge in [-0.15, -0.1) is 11.6 Å². The number of halogens is 1. The van der Waals surface area contributed by atoms with Gasteiger partial charge in [0.25, 0.3) is 0 Å². The van der Waals surface area contributed by atoms with Gasteiger partial charge < -0.3 is 5.32 Å². The minimum absolute atomic E-state index is 0.767. The van der Waals surface area contributed by atoms with E-state index in [0.29, 0.717) is 0 Å². The number of anilines is 1. The van der Waals surface area contributed by atoms with Crippen molar-refractivity contribution in [3.63, 3.8) is 0 Å². The average molecular weight is 264 g/mol. The molecule has 0 radical (unpaired) electrons. The monoisotopic (exact) mass is 263 g/mol. The van der Waals surface area contributed by atoms with E-state index >= 15 is 0 Å². The number of alkyl halides is 1. The zero-order chi connectivity index (χ0) is 12.6. The van der Waals surface area contributed by atoms with Crippen LogP contribution in [0.4, 0.5) is 5.82 Å². The maximum atomic E-state index is 5.63. The van der Waals surface area contributed by atoms with E-state index in [2.05, 4.69) is 15.3 Å². The molecule has 0 bridgehead atoms. The average Bonchev–Trinajstić information content (AvgIpc) is 2.42. The second kappa shape index (κ2) is 7.17. The molecule has 0 fully saturated rings. The molecule has 1 heterocycles. The van der Waals surface area contributed by atoms with Crippen LogP contribution in [0.5, 0.6) is 0 Å². The molecule has 0 atom stereocenters. The van der Waals surface area contributed by atoms with Crippen LogP contribution in [-0.2, 0) is 0 Å². The standard InChI is InChI=1S/C14H18ClN3/c15-9-5-1-2-6-10-16-14-11-17-12-7-3-4-8-13(12)18-14/h3-4,7-8,11H,1-2,5-6,9-10H2,(H,16,18). The summed E-state index contributed by atoms with van der Waals surface area (Å²) in [6, 6.07) is 7.90. The van der Waals surface area contributed by atoms with Gasteiger partial charge in [-0.2, -0.15) is 0 Å². The molecular weight excluding hydrogens is 246 g/mol. The second-order valence-electron chi connectivity index (χ2n) is 4.27. The summed E-state index contributed by atoms with van der Waals surface area (Å²) in [5.74, 6) is 1.62. The van der Waals surface area contributed by atoms with Gasteiger partial charge in [-0.25, -0.2) is 4.98 Å². The number of unbranched alkanes of at least 4 members (excludes halogenated alkanes) is 3. The number of para-hydroxylation sites is 2. The number of nitrogens with one attached hydrogen (secondary N) is 1. The normalized spacial score (nSPS) is 10.7. The van der Waals surface area contributed by atoms with E-state index in [1.54, 1.807) is 6.20 Å². The summed E-state index contributed by atoms with van der Waals surface area (Å²) < 4.78 is 0. The molecule has 18 heavy (non-hydrogen) atoms. The van der Waals surface area contributed by atoms with Gasteiger partial charge in [0.1, 0.15) is 5.82 Å². The van der Waals surface area contributed by atoms with Crippen LogP contribution in [0.3, 0.4) is 0 Å². The molecule has 2 aromatic rings. The lowest BCUT2D eigenvalue weighted by Gasteiger charge is -2.05. The highest BCUT2D eigenvalue weighted by atomic mass is 35.5. The molecule has 96 valence electrons. The Kier molecular flexibility index (Phi) is 5.21. The summed E-state index contributed by atoms with van der Waals surface area (Å²) in [6.45, 7) is 0.940. The number of hydrogen-bond acceptors (Lipinski definition) is 3. The first-order chi connectivity index (χ1) is 8.90. The number of nitrogens with zero attached hydrogens (tertiary/aromatic N) is 2. The number of aromatic nitrogens is 2. The molecule has 0 aliphatic heterocycles. The molecule has 0 aliphatic carbocycles. The van der Waals surface area contributed by atoms with Crippen molar-refractivity contribution < 1.29 is 0 Å². The van der Waals surface area contributed by atoms with E-state index in [1.807, 2.05) is 24.3 Å². The van der Waals surface area contributed by atoms with Crippen molar-refractivity contribution in [2.45, 2.75) is 25.7 Å². The van der Waals surface area contributed by atoms with Gasteiger partial charge in [-0.05, 0) is 25.0 Å². The quantitative estimate of drug-likeness (QED) is 0.609. The Labute approximate surface area is 113 Å². The maximum Gasteiger partial charge on any atom is 0.145 e. The Balaban J connectivity index is 1.81. The summed E-state index contributed by atoms with van der Waals surface area (Å²) in [5.41, 5.74) is 1.87. The number of hydrogen-bond donors (Lipinski definition) is 1. The van der Waals surface area contributed by atoms with Crippen molar-refractivity contribution in [2.24, 2.45) is 0 Å². The van der Waals surface area contributed by atoms with Crippen molar-refractivity contribution in [1.82, 2.24) is 9.97 Å². The maximum absolute atomic E-state index is 5.63. The molecule has 0 amide bonds. The molecule has 0 unspecified atom stereocenters. The Bertz CT molecular complexity index is 487. The first-order valence-corrected chi connectivity index (χ1v) is 6.95. The first kappa shape index (κ1) is 13.1. The van der Waals surface area contributed by atoms with Gasteiger partial charge in [0.05, 0.1) is 17.2 Å². The van der Waals surface area contributed by atoms with E-state index in [1.165, 1.54) is 12.8 Å². The third-order valence-corrected chi connectivity index (χ3v) is 3.08. The third-order valence-electron chi connectivity index (χ3n) is 2.82. The van der Waals surface area contributed by atoms with Gasteiger partial charge in [0.2, 0.25) is 0 Å². The molecule has 0 saturated carbocycles. The zero-order valence-electron chi connectivity index (χ0n) is 10.4. The van der Waals surface area contributed by atoms with Gasteiger partial charge in [-0.3, -0.25) is 4.98 Å². The van der Waals surface area contributed by atoms with Crippen molar-refractivity contribution in [3.8, 4) is 0 Å². The first-order valence-electron chi connectivity index (χ1n) is 6.42. The van der Waals surface area contributed by atoms with Crippen molar-refractivity contribution >= 4 is 28.5 Å². The summed E-state index contributed by atoms with van der Waals surface area (Å²) in [5, 5.41) is 3.31. The molecule has 1 aromatic carbocycles. The second-order valence-corrected chi connectivity index (χ2v) is 4.65. The molecule has 0 aliphatic rings.